The number of nitrogens with zero attached hydrogens (tertiary/aromatic N) is 2. The van der Waals surface area contributed by atoms with E-state index in [9.17, 15) is 22.8 Å². The van der Waals surface area contributed by atoms with Gasteiger partial charge in [-0.1, -0.05) is 12.1 Å². The van der Waals surface area contributed by atoms with Gasteiger partial charge in [0, 0.05) is 26.2 Å². The quantitative estimate of drug-likeness (QED) is 0.791. The molecule has 2 rings (SSSR count). The Kier molecular flexibility index (Phi) is 7.98. The summed E-state index contributed by atoms with van der Waals surface area (Å²) in [6.45, 7) is 1.79. The summed E-state index contributed by atoms with van der Waals surface area (Å²) in [6.07, 6.45) is -4.53. The number of halogens is 5. The Morgan fingerprint density at radius 2 is 1.72 bits per heavy atom. The monoisotopic (exact) mass is 399 g/mol. The van der Waals surface area contributed by atoms with E-state index in [1.54, 1.807) is 9.80 Å². The van der Waals surface area contributed by atoms with Crippen molar-refractivity contribution in [2.24, 2.45) is 0 Å². The van der Waals surface area contributed by atoms with E-state index in [1.807, 2.05) is 0 Å². The molecule has 10 heteroatoms. The van der Waals surface area contributed by atoms with Gasteiger partial charge in [-0.3, -0.25) is 14.5 Å². The molecule has 0 unspecified atom stereocenters. The zero-order valence-corrected chi connectivity index (χ0v) is 14.8. The summed E-state index contributed by atoms with van der Waals surface area (Å²) in [6, 6.07) is 4.84. The predicted molar refractivity (Wildman–Crippen MR) is 91.1 cm³/mol. The molecule has 5 nitrogen and oxygen atoms in total. The van der Waals surface area contributed by atoms with E-state index >= 15 is 0 Å². The number of piperazine rings is 1. The van der Waals surface area contributed by atoms with Crippen LogP contribution in [0.3, 0.4) is 0 Å². The van der Waals surface area contributed by atoms with Crippen LogP contribution < -0.4 is 5.32 Å². The van der Waals surface area contributed by atoms with Crippen LogP contribution in [0.25, 0.3) is 0 Å². The molecule has 0 aliphatic carbocycles. The van der Waals surface area contributed by atoms with Gasteiger partial charge in [0.25, 0.3) is 0 Å². The third-order valence-electron chi connectivity index (χ3n) is 3.71. The fraction of sp³-hybridized carbons (Fsp3) is 0.467. The molecular weight excluding hydrogens is 382 g/mol. The first-order valence-corrected chi connectivity index (χ1v) is 7.87. The van der Waals surface area contributed by atoms with E-state index in [0.29, 0.717) is 26.2 Å². The molecule has 25 heavy (non-hydrogen) atoms. The van der Waals surface area contributed by atoms with Crippen molar-refractivity contribution in [2.75, 3.05) is 43.9 Å². The molecule has 0 atom stereocenters. The van der Waals surface area contributed by atoms with E-state index in [1.165, 1.54) is 18.2 Å². The first-order chi connectivity index (χ1) is 11.3. The number of nitrogens with one attached hydrogen (secondary N) is 1. The summed E-state index contributed by atoms with van der Waals surface area (Å²) in [5.74, 6) is -0.780. The Bertz CT molecular complexity index is 606. The minimum absolute atomic E-state index is 0. The van der Waals surface area contributed by atoms with Gasteiger partial charge < -0.3 is 10.2 Å². The van der Waals surface area contributed by atoms with Gasteiger partial charge >= 0.3 is 6.18 Å². The maximum absolute atomic E-state index is 12.9. The van der Waals surface area contributed by atoms with Crippen LogP contribution in [0.4, 0.5) is 18.9 Å². The van der Waals surface area contributed by atoms with Crippen LogP contribution in [0.2, 0.25) is 0 Å². The molecule has 1 N–H and O–H groups in total. The van der Waals surface area contributed by atoms with E-state index in [2.05, 4.69) is 5.32 Å². The van der Waals surface area contributed by atoms with Gasteiger partial charge in [-0.15, -0.1) is 24.0 Å². The third kappa shape index (κ3) is 6.05. The van der Waals surface area contributed by atoms with Gasteiger partial charge in [-0.05, 0) is 12.1 Å². The van der Waals surface area contributed by atoms with Gasteiger partial charge in [0.1, 0.15) is 5.88 Å². The second-order valence-electron chi connectivity index (χ2n) is 5.38. The number of hydrogen-bond acceptors (Lipinski definition) is 3. The van der Waals surface area contributed by atoms with Crippen molar-refractivity contribution in [1.82, 2.24) is 9.80 Å². The number of amides is 2. The van der Waals surface area contributed by atoms with Gasteiger partial charge in [0.15, 0.2) is 0 Å². The first kappa shape index (κ1) is 21.5. The van der Waals surface area contributed by atoms with Crippen molar-refractivity contribution in [3.63, 3.8) is 0 Å². The van der Waals surface area contributed by atoms with Crippen LogP contribution in [0.15, 0.2) is 24.3 Å². The lowest BCUT2D eigenvalue weighted by Gasteiger charge is -2.34. The minimum atomic E-state index is -4.53. The summed E-state index contributed by atoms with van der Waals surface area (Å²) >= 11 is 5.49. The smallest absolute Gasteiger partial charge is 0.339 e. The SMILES string of the molecule is Cl.O=C(CN1CCN(C(=O)CCl)CC1)Nc1ccccc1C(F)(F)F. The second-order valence-corrected chi connectivity index (χ2v) is 5.65. The zero-order chi connectivity index (χ0) is 17.7. The molecule has 1 aromatic rings. The third-order valence-corrected chi connectivity index (χ3v) is 3.94. The van der Waals surface area contributed by atoms with Gasteiger partial charge in [0.05, 0.1) is 17.8 Å². The number of anilines is 1. The number of rotatable bonds is 4. The average molecular weight is 400 g/mol. The lowest BCUT2D eigenvalue weighted by atomic mass is 10.1. The number of alkyl halides is 4. The van der Waals surface area contributed by atoms with Crippen LogP contribution in [0.5, 0.6) is 0 Å². The standard InChI is InChI=1S/C15H17ClF3N3O2.ClH/c16-9-14(24)22-7-5-21(6-8-22)10-13(23)20-12-4-2-1-3-11(12)15(17,18)19;/h1-4H,5-10H2,(H,20,23);1H. The Balaban J connectivity index is 0.00000312. The van der Waals surface area contributed by atoms with Gasteiger partial charge in [-0.2, -0.15) is 13.2 Å². The molecule has 2 amide bonds. The largest absolute Gasteiger partial charge is 0.418 e. The zero-order valence-electron chi connectivity index (χ0n) is 13.2. The molecule has 0 spiro atoms. The molecule has 1 aliphatic heterocycles. The summed E-state index contributed by atoms with van der Waals surface area (Å²) in [4.78, 5) is 26.8. The molecule has 0 saturated carbocycles. The van der Waals surface area contributed by atoms with Crippen molar-refractivity contribution < 1.29 is 22.8 Å². The minimum Gasteiger partial charge on any atom is -0.339 e. The summed E-state index contributed by atoms with van der Waals surface area (Å²) in [5, 5.41) is 2.31. The Hall–Kier alpha value is -1.51. The van der Waals surface area contributed by atoms with Crippen LogP contribution in [-0.2, 0) is 15.8 Å². The van der Waals surface area contributed by atoms with E-state index < -0.39 is 17.6 Å². The molecule has 1 heterocycles. The summed E-state index contributed by atoms with van der Waals surface area (Å²) < 4.78 is 38.7. The van der Waals surface area contributed by atoms with Gasteiger partial charge in [0.2, 0.25) is 11.8 Å². The van der Waals surface area contributed by atoms with Crippen molar-refractivity contribution >= 4 is 41.5 Å². The topological polar surface area (TPSA) is 52.7 Å². The highest BCUT2D eigenvalue weighted by atomic mass is 35.5. The molecule has 1 fully saturated rings. The highest BCUT2D eigenvalue weighted by Gasteiger charge is 2.33. The van der Waals surface area contributed by atoms with E-state index in [0.717, 1.165) is 6.07 Å². The molecule has 140 valence electrons. The Morgan fingerprint density at radius 1 is 1.12 bits per heavy atom. The molecule has 0 aromatic heterocycles. The highest BCUT2D eigenvalue weighted by molar-refractivity contribution is 6.27. The van der Waals surface area contributed by atoms with E-state index in [-0.39, 0.29) is 36.4 Å². The molecule has 1 saturated heterocycles. The summed E-state index contributed by atoms with van der Waals surface area (Å²) in [7, 11) is 0. The number of benzene rings is 1. The number of carbonyl (C=O) groups excluding carboxylic acids is 2. The van der Waals surface area contributed by atoms with Crippen LogP contribution >= 0.6 is 24.0 Å². The Labute approximate surface area is 154 Å². The lowest BCUT2D eigenvalue weighted by molar-refractivity contribution is -0.137. The fourth-order valence-corrected chi connectivity index (χ4v) is 2.64. The van der Waals surface area contributed by atoms with Crippen LogP contribution in [-0.4, -0.2) is 60.2 Å². The maximum atomic E-state index is 12.9. The lowest BCUT2D eigenvalue weighted by Crippen LogP contribution is -2.50. The number of hydrogen-bond donors (Lipinski definition) is 1. The predicted octanol–water partition coefficient (Wildman–Crippen LogP) is 2.45. The van der Waals surface area contributed by atoms with Crippen molar-refractivity contribution in [3.8, 4) is 0 Å². The molecule has 1 aromatic carbocycles. The van der Waals surface area contributed by atoms with Crippen molar-refractivity contribution in [1.29, 1.82) is 0 Å². The highest BCUT2D eigenvalue weighted by Crippen LogP contribution is 2.34. The molecule has 0 bridgehead atoms. The first-order valence-electron chi connectivity index (χ1n) is 7.33. The van der Waals surface area contributed by atoms with Crippen LogP contribution in [0, 0.1) is 0 Å². The normalized spacial score (nSPS) is 15.4. The fourth-order valence-electron chi connectivity index (χ4n) is 2.47. The number of carbonyl (C=O) groups is 2. The molecular formula is C15H18Cl2F3N3O2. The van der Waals surface area contributed by atoms with E-state index in [4.69, 9.17) is 11.6 Å². The van der Waals surface area contributed by atoms with Crippen LogP contribution in [0.1, 0.15) is 5.56 Å². The van der Waals surface area contributed by atoms with Gasteiger partial charge in [-0.25, -0.2) is 0 Å². The van der Waals surface area contributed by atoms with Crippen molar-refractivity contribution in [2.45, 2.75) is 6.18 Å². The molecule has 0 radical (unpaired) electrons. The van der Waals surface area contributed by atoms with Crippen molar-refractivity contribution in [3.05, 3.63) is 29.8 Å². The average Bonchev–Trinajstić information content (AvgIpc) is 2.54. The number of para-hydroxylation sites is 1. The maximum Gasteiger partial charge on any atom is 0.418 e. The second kappa shape index (κ2) is 9.26. The molecule has 1 aliphatic rings. The summed E-state index contributed by atoms with van der Waals surface area (Å²) in [5.41, 5.74) is -1.14. The Morgan fingerprint density at radius 3 is 2.28 bits per heavy atom.